The summed E-state index contributed by atoms with van der Waals surface area (Å²) in [4.78, 5) is 17.4. The Kier molecular flexibility index (Phi) is 6.92. The van der Waals surface area contributed by atoms with Crippen molar-refractivity contribution in [2.75, 3.05) is 19.0 Å². The van der Waals surface area contributed by atoms with E-state index in [1.165, 1.54) is 6.33 Å². The van der Waals surface area contributed by atoms with Crippen LogP contribution in [0.25, 0.3) is 0 Å². The number of benzene rings is 2. The highest BCUT2D eigenvalue weighted by Crippen LogP contribution is 2.39. The van der Waals surface area contributed by atoms with Crippen LogP contribution in [0.3, 0.4) is 0 Å². The first-order valence-electron chi connectivity index (χ1n) is 11.1. The largest absolute Gasteiger partial charge is 0.493 e. The summed E-state index contributed by atoms with van der Waals surface area (Å²) in [5.74, 6) is 1.40. The van der Waals surface area contributed by atoms with Crippen LogP contribution < -0.4 is 14.8 Å². The highest BCUT2D eigenvalue weighted by atomic mass is 16.5. The predicted molar refractivity (Wildman–Crippen MR) is 124 cm³/mol. The first-order chi connectivity index (χ1) is 16.2. The average Bonchev–Trinajstić information content (AvgIpc) is 3.31. The summed E-state index contributed by atoms with van der Waals surface area (Å²) < 4.78 is 18.8. The molecule has 0 amide bonds. The van der Waals surface area contributed by atoms with Crippen LogP contribution in [0.4, 0.5) is 5.95 Å². The summed E-state index contributed by atoms with van der Waals surface area (Å²) in [5.41, 5.74) is 3.20. The number of carbonyl (C=O) groups excluding carboxylic acids is 1. The number of methoxy groups -OCH3 is 1. The number of allylic oxidation sites excluding steroid dienone is 1. The first kappa shape index (κ1) is 22.4. The topological polar surface area (TPSA) is 87.5 Å². The minimum Gasteiger partial charge on any atom is -0.493 e. The summed E-state index contributed by atoms with van der Waals surface area (Å²) >= 11 is 0. The Hall–Kier alpha value is -3.81. The van der Waals surface area contributed by atoms with E-state index in [1.54, 1.807) is 18.7 Å². The molecule has 1 aliphatic rings. The molecule has 1 N–H and O–H groups in total. The number of esters is 1. The van der Waals surface area contributed by atoms with Gasteiger partial charge in [0.05, 0.1) is 19.3 Å². The molecule has 0 aliphatic carbocycles. The quantitative estimate of drug-likeness (QED) is 0.482. The molecule has 0 bridgehead atoms. The van der Waals surface area contributed by atoms with Crippen molar-refractivity contribution in [3.63, 3.8) is 0 Å². The van der Waals surface area contributed by atoms with Crippen molar-refractivity contribution in [1.82, 2.24) is 14.8 Å². The zero-order chi connectivity index (χ0) is 23.2. The summed E-state index contributed by atoms with van der Waals surface area (Å²) in [5, 5.41) is 7.64. The fourth-order valence-corrected chi connectivity index (χ4v) is 3.93. The van der Waals surface area contributed by atoms with Crippen LogP contribution in [0.1, 0.15) is 43.9 Å². The van der Waals surface area contributed by atoms with E-state index >= 15 is 0 Å². The smallest absolute Gasteiger partial charge is 0.338 e. The van der Waals surface area contributed by atoms with Crippen molar-refractivity contribution in [1.29, 1.82) is 0 Å². The molecule has 0 radical (unpaired) electrons. The summed E-state index contributed by atoms with van der Waals surface area (Å²) in [6.45, 7) is 4.57. The van der Waals surface area contributed by atoms with Gasteiger partial charge in [-0.2, -0.15) is 10.1 Å². The van der Waals surface area contributed by atoms with Crippen molar-refractivity contribution >= 4 is 11.9 Å². The maximum atomic E-state index is 13.0. The van der Waals surface area contributed by atoms with Gasteiger partial charge in [-0.3, -0.25) is 0 Å². The van der Waals surface area contributed by atoms with Crippen molar-refractivity contribution < 1.29 is 19.0 Å². The van der Waals surface area contributed by atoms with Crippen molar-refractivity contribution in [2.45, 2.75) is 39.3 Å². The third-order valence-electron chi connectivity index (χ3n) is 5.41. The Balaban J connectivity index is 1.72. The molecule has 4 rings (SSSR count). The summed E-state index contributed by atoms with van der Waals surface area (Å²) in [6, 6.07) is 15.1. The zero-order valence-corrected chi connectivity index (χ0v) is 19.1. The van der Waals surface area contributed by atoms with Gasteiger partial charge in [0.1, 0.15) is 19.0 Å². The molecule has 1 aliphatic heterocycles. The number of nitrogens with zero attached hydrogens (tertiary/aromatic N) is 3. The molecular formula is C25H28N4O4. The summed E-state index contributed by atoms with van der Waals surface area (Å²) in [7, 11) is 1.60. The molecular weight excluding hydrogens is 420 g/mol. The normalized spacial score (nSPS) is 14.9. The number of anilines is 1. The molecule has 1 aromatic heterocycles. The van der Waals surface area contributed by atoms with Gasteiger partial charge in [0.2, 0.25) is 5.95 Å². The molecule has 8 heteroatoms. The van der Waals surface area contributed by atoms with E-state index in [0.29, 0.717) is 36.0 Å². The third kappa shape index (κ3) is 4.69. The Labute approximate surface area is 193 Å². The monoisotopic (exact) mass is 448 g/mol. The van der Waals surface area contributed by atoms with Gasteiger partial charge in [0.25, 0.3) is 0 Å². The van der Waals surface area contributed by atoms with Crippen molar-refractivity contribution in [3.8, 4) is 11.5 Å². The zero-order valence-electron chi connectivity index (χ0n) is 19.1. The molecule has 172 valence electrons. The number of fused-ring (bicyclic) bond motifs is 1. The number of rotatable bonds is 9. The highest BCUT2D eigenvalue weighted by molar-refractivity contribution is 5.92. The highest BCUT2D eigenvalue weighted by Gasteiger charge is 2.35. The van der Waals surface area contributed by atoms with E-state index in [2.05, 4.69) is 22.3 Å². The minimum absolute atomic E-state index is 0.286. The Morgan fingerprint density at radius 1 is 1.12 bits per heavy atom. The minimum atomic E-state index is -0.499. The number of nitrogens with one attached hydrogen (secondary N) is 1. The second-order valence-electron chi connectivity index (χ2n) is 7.60. The molecule has 0 unspecified atom stereocenters. The van der Waals surface area contributed by atoms with E-state index in [9.17, 15) is 4.79 Å². The van der Waals surface area contributed by atoms with E-state index < -0.39 is 6.04 Å². The molecule has 0 saturated heterocycles. The van der Waals surface area contributed by atoms with E-state index in [4.69, 9.17) is 14.2 Å². The van der Waals surface area contributed by atoms with Crippen molar-refractivity contribution in [2.24, 2.45) is 0 Å². The lowest BCUT2D eigenvalue weighted by Gasteiger charge is -2.29. The lowest BCUT2D eigenvalue weighted by Crippen LogP contribution is -2.30. The molecule has 2 aromatic carbocycles. The SMILES string of the molecule is CCCC1=C(C(=O)OCC)[C@@H](c2ccc(OCc3ccccc3)c(OC)c2)n2ncnc2N1. The van der Waals surface area contributed by atoms with E-state index in [-0.39, 0.29) is 12.6 Å². The standard InChI is InChI=1S/C25H28N4O4/c1-4-9-19-22(24(30)32-5-2)23(29-25(28-19)26-16-27-29)18-12-13-20(21(14-18)31-3)33-15-17-10-7-6-8-11-17/h6-8,10-14,16,23H,4-5,9,15H2,1-3H3,(H,26,27,28)/t23-/m1/s1. The van der Waals surface area contributed by atoms with Gasteiger partial charge in [-0.15, -0.1) is 0 Å². The van der Waals surface area contributed by atoms with Crippen LogP contribution in [0, 0.1) is 0 Å². The number of carbonyl (C=O) groups is 1. The predicted octanol–water partition coefficient (Wildman–Crippen LogP) is 4.50. The van der Waals surface area contributed by atoms with Gasteiger partial charge in [-0.1, -0.05) is 49.7 Å². The van der Waals surface area contributed by atoms with Gasteiger partial charge < -0.3 is 19.5 Å². The second-order valence-corrected chi connectivity index (χ2v) is 7.60. The van der Waals surface area contributed by atoms with Gasteiger partial charge in [-0.05, 0) is 36.6 Å². The molecule has 0 saturated carbocycles. The van der Waals surface area contributed by atoms with E-state index in [0.717, 1.165) is 23.2 Å². The second kappa shape index (κ2) is 10.2. The average molecular weight is 449 g/mol. The molecule has 0 spiro atoms. The molecule has 33 heavy (non-hydrogen) atoms. The Morgan fingerprint density at radius 2 is 1.94 bits per heavy atom. The van der Waals surface area contributed by atoms with Gasteiger partial charge in [-0.25, -0.2) is 9.48 Å². The molecule has 3 aromatic rings. The number of hydrogen-bond donors (Lipinski definition) is 1. The maximum absolute atomic E-state index is 13.0. The van der Waals surface area contributed by atoms with Gasteiger partial charge in [0, 0.05) is 5.70 Å². The first-order valence-corrected chi connectivity index (χ1v) is 11.1. The van der Waals surface area contributed by atoms with E-state index in [1.807, 2.05) is 48.5 Å². The van der Waals surface area contributed by atoms with Gasteiger partial charge >= 0.3 is 5.97 Å². The number of aromatic nitrogens is 3. The fourth-order valence-electron chi connectivity index (χ4n) is 3.93. The lowest BCUT2D eigenvalue weighted by atomic mass is 9.93. The lowest BCUT2D eigenvalue weighted by molar-refractivity contribution is -0.139. The van der Waals surface area contributed by atoms with Crippen LogP contribution in [0.2, 0.25) is 0 Å². The molecule has 2 heterocycles. The Bertz CT molecular complexity index is 1140. The van der Waals surface area contributed by atoms with Crippen LogP contribution in [-0.4, -0.2) is 34.5 Å². The Morgan fingerprint density at radius 3 is 2.67 bits per heavy atom. The van der Waals surface area contributed by atoms with Crippen LogP contribution in [0.15, 0.2) is 66.1 Å². The number of ether oxygens (including phenoxy) is 3. The molecule has 8 nitrogen and oxygen atoms in total. The fraction of sp³-hybridized carbons (Fsp3) is 0.320. The molecule has 0 fully saturated rings. The van der Waals surface area contributed by atoms with Crippen LogP contribution in [0.5, 0.6) is 11.5 Å². The van der Waals surface area contributed by atoms with Crippen LogP contribution in [-0.2, 0) is 16.1 Å². The summed E-state index contributed by atoms with van der Waals surface area (Å²) in [6.07, 6.45) is 3.02. The third-order valence-corrected chi connectivity index (χ3v) is 5.41. The van der Waals surface area contributed by atoms with Crippen LogP contribution >= 0.6 is 0 Å². The number of hydrogen-bond acceptors (Lipinski definition) is 7. The maximum Gasteiger partial charge on any atom is 0.338 e. The van der Waals surface area contributed by atoms with Crippen molar-refractivity contribution in [3.05, 3.63) is 77.3 Å². The van der Waals surface area contributed by atoms with Gasteiger partial charge in [0.15, 0.2) is 11.5 Å². The molecule has 1 atom stereocenters.